The first-order valence-corrected chi connectivity index (χ1v) is 13.1. The van der Waals surface area contributed by atoms with Crippen molar-refractivity contribution in [3.63, 3.8) is 0 Å². The second-order valence-corrected chi connectivity index (χ2v) is 12.4. The van der Waals surface area contributed by atoms with Gasteiger partial charge in [0, 0.05) is 39.0 Å². The lowest BCUT2D eigenvalue weighted by Crippen LogP contribution is -2.49. The molecule has 33 heavy (non-hydrogen) atoms. The molecule has 4 bridgehead atoms. The average molecular weight is 462 g/mol. The third-order valence-corrected chi connectivity index (χ3v) is 8.27. The van der Waals surface area contributed by atoms with E-state index in [0.717, 1.165) is 50.1 Å². The highest BCUT2D eigenvalue weighted by molar-refractivity contribution is 5.77. The van der Waals surface area contributed by atoms with E-state index in [1.807, 2.05) is 0 Å². The van der Waals surface area contributed by atoms with Crippen molar-refractivity contribution in [2.24, 2.45) is 29.1 Å². The highest BCUT2D eigenvalue weighted by Crippen LogP contribution is 2.61. The average Bonchev–Trinajstić information content (AvgIpc) is 2.70. The van der Waals surface area contributed by atoms with Crippen molar-refractivity contribution in [1.82, 2.24) is 15.5 Å². The first-order valence-electron chi connectivity index (χ1n) is 13.1. The summed E-state index contributed by atoms with van der Waals surface area (Å²) in [6, 6.07) is 0. The molecule has 0 aromatic heterocycles. The highest BCUT2D eigenvalue weighted by Gasteiger charge is 2.51. The smallest absolute Gasteiger partial charge is 0.407 e. The molecule has 4 saturated carbocycles. The molecule has 0 spiro atoms. The zero-order valence-corrected chi connectivity index (χ0v) is 20.8. The van der Waals surface area contributed by atoms with E-state index in [2.05, 4.69) is 15.5 Å². The van der Waals surface area contributed by atoms with Gasteiger partial charge in [0.15, 0.2) is 0 Å². The van der Waals surface area contributed by atoms with Gasteiger partial charge >= 0.3 is 6.09 Å². The molecule has 5 fully saturated rings. The minimum atomic E-state index is -0.544. The van der Waals surface area contributed by atoms with Gasteiger partial charge in [0.1, 0.15) is 5.60 Å². The molecule has 7 nitrogen and oxygen atoms in total. The van der Waals surface area contributed by atoms with Crippen LogP contribution in [0.1, 0.15) is 85.0 Å². The van der Waals surface area contributed by atoms with Gasteiger partial charge in [0.2, 0.25) is 11.8 Å². The van der Waals surface area contributed by atoms with Crippen LogP contribution in [0, 0.1) is 29.1 Å². The van der Waals surface area contributed by atoms with Crippen molar-refractivity contribution in [1.29, 1.82) is 0 Å². The number of piperidine rings is 1. The van der Waals surface area contributed by atoms with Crippen LogP contribution in [0.3, 0.4) is 0 Å². The van der Waals surface area contributed by atoms with Crippen molar-refractivity contribution in [2.75, 3.05) is 26.2 Å². The van der Waals surface area contributed by atoms with Crippen LogP contribution >= 0.6 is 0 Å². The number of carbonyl (C=O) groups is 3. The molecule has 0 aromatic carbocycles. The maximum atomic E-state index is 13.1. The summed E-state index contributed by atoms with van der Waals surface area (Å²) in [5.41, 5.74) is -0.234. The summed E-state index contributed by atoms with van der Waals surface area (Å²) in [4.78, 5) is 39.0. The molecule has 0 unspecified atom stereocenters. The number of hydrogen-bond acceptors (Lipinski definition) is 4. The van der Waals surface area contributed by atoms with Crippen molar-refractivity contribution < 1.29 is 19.1 Å². The largest absolute Gasteiger partial charge is 0.444 e. The number of carbonyl (C=O) groups excluding carboxylic acids is 3. The first-order chi connectivity index (χ1) is 15.6. The molecule has 186 valence electrons. The van der Waals surface area contributed by atoms with Gasteiger partial charge in [-0.15, -0.1) is 0 Å². The maximum Gasteiger partial charge on any atom is 0.407 e. The van der Waals surface area contributed by atoms with E-state index in [1.165, 1.54) is 38.5 Å². The Labute approximate surface area is 198 Å². The number of alkyl carbamates (subject to hydrolysis) is 1. The van der Waals surface area contributed by atoms with Crippen LogP contribution in [-0.2, 0) is 14.3 Å². The minimum absolute atomic E-state index is 0.0635. The second kappa shape index (κ2) is 9.83. The van der Waals surface area contributed by atoms with E-state index in [1.54, 1.807) is 20.8 Å². The fourth-order valence-electron chi connectivity index (χ4n) is 7.26. The van der Waals surface area contributed by atoms with Crippen LogP contribution in [0.2, 0.25) is 0 Å². The molecule has 1 heterocycles. The third kappa shape index (κ3) is 6.63. The molecule has 1 aliphatic heterocycles. The Morgan fingerprint density at radius 2 is 1.52 bits per heavy atom. The summed E-state index contributed by atoms with van der Waals surface area (Å²) in [5, 5.41) is 5.60. The zero-order valence-electron chi connectivity index (χ0n) is 20.8. The number of likely N-dealkylation sites (tertiary alicyclic amines) is 1. The molecular formula is C26H43N3O4. The number of rotatable bonds is 7. The fourth-order valence-corrected chi connectivity index (χ4v) is 7.26. The van der Waals surface area contributed by atoms with E-state index in [9.17, 15) is 14.4 Å². The Balaban J connectivity index is 1.11. The molecule has 3 amide bonds. The van der Waals surface area contributed by atoms with Crippen molar-refractivity contribution in [3.8, 4) is 0 Å². The number of ether oxygens (including phenoxy) is 1. The van der Waals surface area contributed by atoms with E-state index in [4.69, 9.17) is 4.74 Å². The topological polar surface area (TPSA) is 87.7 Å². The molecule has 0 atom stereocenters. The Kier molecular flexibility index (Phi) is 7.25. The maximum absolute atomic E-state index is 13.1. The van der Waals surface area contributed by atoms with Gasteiger partial charge in [-0.25, -0.2) is 4.79 Å². The summed E-state index contributed by atoms with van der Waals surface area (Å²) in [6.45, 7) is 7.95. The van der Waals surface area contributed by atoms with E-state index in [-0.39, 0.29) is 18.9 Å². The second-order valence-electron chi connectivity index (χ2n) is 12.4. The van der Waals surface area contributed by atoms with E-state index in [0.29, 0.717) is 23.8 Å². The Morgan fingerprint density at radius 3 is 2.06 bits per heavy atom. The van der Waals surface area contributed by atoms with Gasteiger partial charge < -0.3 is 20.3 Å². The Morgan fingerprint density at radius 1 is 0.939 bits per heavy atom. The zero-order chi connectivity index (χ0) is 23.6. The summed E-state index contributed by atoms with van der Waals surface area (Å²) in [7, 11) is 0. The standard InChI is InChI=1S/C26H43N3O4/c1-25(2,3)33-24(32)27-7-4-22(30)28-17-18-5-8-29(9-6-18)23(31)16-26-13-19-10-20(14-26)12-21(11-19)15-26/h18-21H,4-17H2,1-3H3,(H,27,32)(H,28,30). The molecule has 5 rings (SSSR count). The van der Waals surface area contributed by atoms with Crippen molar-refractivity contribution in [3.05, 3.63) is 0 Å². The summed E-state index contributed by atoms with van der Waals surface area (Å²) < 4.78 is 5.17. The lowest BCUT2D eigenvalue weighted by Gasteiger charge is -2.57. The lowest BCUT2D eigenvalue weighted by molar-refractivity contribution is -0.141. The van der Waals surface area contributed by atoms with Crippen LogP contribution in [0.5, 0.6) is 0 Å². The van der Waals surface area contributed by atoms with Gasteiger partial charge in [-0.3, -0.25) is 9.59 Å². The SMILES string of the molecule is CC(C)(C)OC(=O)NCCC(=O)NCC1CCN(C(=O)CC23CC4CC(CC(C4)C2)C3)CC1. The molecule has 0 aromatic rings. The molecular weight excluding hydrogens is 418 g/mol. The van der Waals surface area contributed by atoms with E-state index >= 15 is 0 Å². The van der Waals surface area contributed by atoms with Crippen LogP contribution in [0.25, 0.3) is 0 Å². The van der Waals surface area contributed by atoms with Crippen LogP contribution < -0.4 is 10.6 Å². The molecule has 0 radical (unpaired) electrons. The molecule has 4 aliphatic carbocycles. The lowest BCUT2D eigenvalue weighted by atomic mass is 9.49. The van der Waals surface area contributed by atoms with Crippen LogP contribution in [0.15, 0.2) is 0 Å². The number of amides is 3. The molecule has 1 saturated heterocycles. The number of hydrogen-bond donors (Lipinski definition) is 2. The Bertz CT molecular complexity index is 701. The van der Waals surface area contributed by atoms with Crippen molar-refractivity contribution in [2.45, 2.75) is 90.6 Å². The molecule has 7 heteroatoms. The van der Waals surface area contributed by atoms with Gasteiger partial charge in [0.05, 0.1) is 0 Å². The fraction of sp³-hybridized carbons (Fsp3) is 0.885. The summed E-state index contributed by atoms with van der Waals surface area (Å²) in [6.07, 6.45) is 10.5. The molecule has 5 aliphatic rings. The minimum Gasteiger partial charge on any atom is -0.444 e. The Hall–Kier alpha value is -1.79. The first kappa shape index (κ1) is 24.3. The molecule has 2 N–H and O–H groups in total. The van der Waals surface area contributed by atoms with Gasteiger partial charge in [0.25, 0.3) is 0 Å². The normalized spacial score (nSPS) is 31.4. The van der Waals surface area contributed by atoms with Gasteiger partial charge in [-0.2, -0.15) is 0 Å². The van der Waals surface area contributed by atoms with Crippen LogP contribution in [-0.4, -0.2) is 54.6 Å². The van der Waals surface area contributed by atoms with Crippen molar-refractivity contribution >= 4 is 17.9 Å². The van der Waals surface area contributed by atoms with Crippen LogP contribution in [0.4, 0.5) is 4.79 Å². The predicted molar refractivity (Wildman–Crippen MR) is 126 cm³/mol. The monoisotopic (exact) mass is 461 g/mol. The van der Waals surface area contributed by atoms with E-state index < -0.39 is 11.7 Å². The number of nitrogens with zero attached hydrogens (tertiary/aromatic N) is 1. The summed E-state index contributed by atoms with van der Waals surface area (Å²) in [5.74, 6) is 3.38. The van der Waals surface area contributed by atoms with Gasteiger partial charge in [-0.1, -0.05) is 0 Å². The van der Waals surface area contributed by atoms with Gasteiger partial charge in [-0.05, 0) is 101 Å². The number of nitrogens with one attached hydrogen (secondary N) is 2. The third-order valence-electron chi connectivity index (χ3n) is 8.27. The quantitative estimate of drug-likeness (QED) is 0.603. The predicted octanol–water partition coefficient (Wildman–Crippen LogP) is 3.86. The summed E-state index contributed by atoms with van der Waals surface area (Å²) >= 11 is 0. The highest BCUT2D eigenvalue weighted by atomic mass is 16.6.